The molecule has 1 atom stereocenters. The number of rotatable bonds is 10. The van der Waals surface area contributed by atoms with Gasteiger partial charge in [0.05, 0.1) is 5.75 Å². The molecule has 0 bridgehead atoms. The molecule has 3 aromatic rings. The minimum Gasteiger partial charge on any atom is -0.480 e. The van der Waals surface area contributed by atoms with Crippen molar-refractivity contribution in [3.8, 4) is 22.5 Å². The maximum Gasteiger partial charge on any atom is 0.321 e. The summed E-state index contributed by atoms with van der Waals surface area (Å²) in [6.45, 7) is 3.28. The van der Waals surface area contributed by atoms with Crippen LogP contribution in [0, 0.1) is 0 Å². The summed E-state index contributed by atoms with van der Waals surface area (Å²) in [6.07, 6.45) is 1.20. The van der Waals surface area contributed by atoms with Crippen LogP contribution in [0.2, 0.25) is 0 Å². The van der Waals surface area contributed by atoms with Gasteiger partial charge in [-0.25, -0.2) is 13.5 Å². The SMILES string of the molecule is CCCCS(=O)(=O)N(Cc1ccc(-c2ccccc2-c2nnn[nH]2)cc1)C(C)C(=O)O. The van der Waals surface area contributed by atoms with Crippen molar-refractivity contribution < 1.29 is 18.3 Å². The Bertz CT molecular complexity index is 1110. The van der Waals surface area contributed by atoms with Crippen LogP contribution in [0.3, 0.4) is 0 Å². The second-order valence-corrected chi connectivity index (χ2v) is 9.26. The third-order valence-electron chi connectivity index (χ3n) is 5.03. The Labute approximate surface area is 181 Å². The predicted octanol–water partition coefficient (Wildman–Crippen LogP) is 2.94. The van der Waals surface area contributed by atoms with E-state index in [9.17, 15) is 18.3 Å². The van der Waals surface area contributed by atoms with E-state index in [1.807, 2.05) is 55.5 Å². The lowest BCUT2D eigenvalue weighted by atomic mass is 9.98. The van der Waals surface area contributed by atoms with Crippen LogP contribution in [-0.2, 0) is 21.4 Å². The van der Waals surface area contributed by atoms with Crippen molar-refractivity contribution in [3.05, 3.63) is 54.1 Å². The van der Waals surface area contributed by atoms with Crippen LogP contribution in [-0.4, -0.2) is 56.2 Å². The third-order valence-corrected chi connectivity index (χ3v) is 7.00. The van der Waals surface area contributed by atoms with Crippen LogP contribution in [0.1, 0.15) is 32.3 Å². The fourth-order valence-corrected chi connectivity index (χ4v) is 5.03. The number of nitrogens with one attached hydrogen (secondary N) is 1. The third kappa shape index (κ3) is 5.33. The van der Waals surface area contributed by atoms with Crippen LogP contribution in [0.5, 0.6) is 0 Å². The minimum absolute atomic E-state index is 0.00648. The first kappa shape index (κ1) is 22.6. The minimum atomic E-state index is -3.70. The van der Waals surface area contributed by atoms with Crippen LogP contribution in [0.25, 0.3) is 22.5 Å². The number of hydrogen-bond donors (Lipinski definition) is 2. The first-order chi connectivity index (χ1) is 14.8. The summed E-state index contributed by atoms with van der Waals surface area (Å²) in [5, 5.41) is 23.4. The van der Waals surface area contributed by atoms with E-state index in [4.69, 9.17) is 0 Å². The fraction of sp³-hybridized carbons (Fsp3) is 0.333. The Balaban J connectivity index is 1.88. The molecule has 0 radical (unpaired) electrons. The van der Waals surface area contributed by atoms with Crippen LogP contribution >= 0.6 is 0 Å². The molecule has 1 heterocycles. The lowest BCUT2D eigenvalue weighted by Crippen LogP contribution is -2.43. The number of carbonyl (C=O) groups is 1. The number of carboxylic acid groups (broad SMARTS) is 1. The van der Waals surface area contributed by atoms with Crippen molar-refractivity contribution in [2.75, 3.05) is 5.75 Å². The summed E-state index contributed by atoms with van der Waals surface area (Å²) in [4.78, 5) is 11.5. The van der Waals surface area contributed by atoms with Gasteiger partial charge in [0.25, 0.3) is 0 Å². The predicted molar refractivity (Wildman–Crippen MR) is 116 cm³/mol. The molecular formula is C21H25N5O4S. The molecule has 0 saturated carbocycles. The molecule has 0 aliphatic heterocycles. The molecule has 3 rings (SSSR count). The Morgan fingerprint density at radius 2 is 1.81 bits per heavy atom. The quantitative estimate of drug-likeness (QED) is 0.493. The van der Waals surface area contributed by atoms with E-state index in [1.54, 1.807) is 0 Å². The van der Waals surface area contributed by atoms with Gasteiger partial charge in [-0.3, -0.25) is 4.79 Å². The fourth-order valence-electron chi connectivity index (χ4n) is 3.23. The van der Waals surface area contributed by atoms with Gasteiger partial charge in [0, 0.05) is 12.1 Å². The lowest BCUT2D eigenvalue weighted by molar-refractivity contribution is -0.141. The highest BCUT2D eigenvalue weighted by molar-refractivity contribution is 7.89. The molecule has 0 amide bonds. The molecule has 2 N–H and O–H groups in total. The number of hydrogen-bond acceptors (Lipinski definition) is 6. The van der Waals surface area contributed by atoms with Crippen molar-refractivity contribution >= 4 is 16.0 Å². The smallest absolute Gasteiger partial charge is 0.321 e. The zero-order chi connectivity index (χ0) is 22.4. The van der Waals surface area contributed by atoms with Crippen molar-refractivity contribution in [1.82, 2.24) is 24.9 Å². The van der Waals surface area contributed by atoms with Crippen molar-refractivity contribution in [1.29, 1.82) is 0 Å². The van der Waals surface area contributed by atoms with Gasteiger partial charge in [-0.15, -0.1) is 5.10 Å². The first-order valence-electron chi connectivity index (χ1n) is 9.98. The second-order valence-electron chi connectivity index (χ2n) is 7.22. The summed E-state index contributed by atoms with van der Waals surface area (Å²) >= 11 is 0. The van der Waals surface area contributed by atoms with Gasteiger partial charge in [0.1, 0.15) is 6.04 Å². The van der Waals surface area contributed by atoms with E-state index in [0.29, 0.717) is 24.2 Å². The van der Waals surface area contributed by atoms with Gasteiger partial charge in [-0.05, 0) is 40.5 Å². The van der Waals surface area contributed by atoms with Gasteiger partial charge in [-0.1, -0.05) is 61.9 Å². The normalized spacial score (nSPS) is 12.7. The van der Waals surface area contributed by atoms with Gasteiger partial charge < -0.3 is 5.11 Å². The van der Waals surface area contributed by atoms with Crippen molar-refractivity contribution in [3.63, 3.8) is 0 Å². The Morgan fingerprint density at radius 3 is 2.39 bits per heavy atom. The molecule has 1 aromatic heterocycles. The number of aromatic amines is 1. The van der Waals surface area contributed by atoms with Crippen LogP contribution in [0.15, 0.2) is 48.5 Å². The summed E-state index contributed by atoms with van der Waals surface area (Å²) in [6, 6.07) is 13.9. The summed E-state index contributed by atoms with van der Waals surface area (Å²) < 4.78 is 26.6. The van der Waals surface area contributed by atoms with Crippen LogP contribution in [0.4, 0.5) is 0 Å². The number of carboxylic acids is 1. The van der Waals surface area contributed by atoms with Gasteiger partial charge in [-0.2, -0.15) is 4.31 Å². The van der Waals surface area contributed by atoms with Crippen molar-refractivity contribution in [2.24, 2.45) is 0 Å². The topological polar surface area (TPSA) is 129 Å². The first-order valence-corrected chi connectivity index (χ1v) is 11.6. The van der Waals surface area contributed by atoms with Gasteiger partial charge >= 0.3 is 5.97 Å². The maximum atomic E-state index is 12.7. The van der Waals surface area contributed by atoms with E-state index >= 15 is 0 Å². The van der Waals surface area contributed by atoms with Gasteiger partial charge in [0.15, 0.2) is 5.82 Å². The average molecular weight is 444 g/mol. The second kappa shape index (κ2) is 9.80. The number of nitrogens with zero attached hydrogens (tertiary/aromatic N) is 4. The monoisotopic (exact) mass is 443 g/mol. The Hall–Kier alpha value is -3.11. The summed E-state index contributed by atoms with van der Waals surface area (Å²) in [5.74, 6) is -0.702. The summed E-state index contributed by atoms with van der Waals surface area (Å²) in [7, 11) is -3.70. The van der Waals surface area contributed by atoms with Crippen LogP contribution < -0.4 is 0 Å². The molecular weight excluding hydrogens is 418 g/mol. The lowest BCUT2D eigenvalue weighted by Gasteiger charge is -2.26. The number of aliphatic carboxylic acids is 1. The largest absolute Gasteiger partial charge is 0.480 e. The van der Waals surface area contributed by atoms with Crippen molar-refractivity contribution in [2.45, 2.75) is 39.3 Å². The molecule has 31 heavy (non-hydrogen) atoms. The molecule has 0 spiro atoms. The Kier molecular flexibility index (Phi) is 7.13. The molecule has 10 heteroatoms. The van der Waals surface area contributed by atoms with E-state index < -0.39 is 22.0 Å². The molecule has 0 fully saturated rings. The average Bonchev–Trinajstić information content (AvgIpc) is 3.31. The zero-order valence-corrected chi connectivity index (χ0v) is 18.2. The van der Waals surface area contributed by atoms with Gasteiger partial charge in [0.2, 0.25) is 10.0 Å². The maximum absolute atomic E-state index is 12.7. The van der Waals surface area contributed by atoms with E-state index in [2.05, 4.69) is 20.6 Å². The number of unbranched alkanes of at least 4 members (excludes halogenated alkanes) is 1. The highest BCUT2D eigenvalue weighted by Gasteiger charge is 2.31. The zero-order valence-electron chi connectivity index (χ0n) is 17.4. The highest BCUT2D eigenvalue weighted by atomic mass is 32.2. The standard InChI is InChI=1S/C21H25N5O4S/c1-3-4-13-31(29,30)26(15(2)21(27)28)14-16-9-11-17(12-10-16)18-7-5-6-8-19(18)20-22-24-25-23-20/h5-12,15H,3-4,13-14H2,1-2H3,(H,27,28)(H,22,23,24,25). The molecule has 0 aliphatic carbocycles. The molecule has 2 aromatic carbocycles. The number of benzene rings is 2. The molecule has 164 valence electrons. The summed E-state index contributed by atoms with van der Waals surface area (Å²) in [5.41, 5.74) is 3.36. The highest BCUT2D eigenvalue weighted by Crippen LogP contribution is 2.30. The number of aromatic nitrogens is 4. The molecule has 1 unspecified atom stereocenters. The number of sulfonamides is 1. The van der Waals surface area contributed by atoms with E-state index in [0.717, 1.165) is 21.0 Å². The number of tetrazole rings is 1. The van der Waals surface area contributed by atoms with E-state index in [1.165, 1.54) is 6.92 Å². The molecule has 0 aliphatic rings. The van der Waals surface area contributed by atoms with E-state index in [-0.39, 0.29) is 12.3 Å². The number of H-pyrrole nitrogens is 1. The molecule has 0 saturated heterocycles. The Morgan fingerprint density at radius 1 is 1.13 bits per heavy atom. The molecule has 9 nitrogen and oxygen atoms in total.